The SMILES string of the molecule is CCN(CC)CCCNC(=O)c1ccc(C(=O)Nc2ccccc2NC(=O)OC(C)(C)C)nc1. The number of ether oxygens (including phenoxy) is 1. The van der Waals surface area contributed by atoms with Crippen LogP contribution < -0.4 is 16.0 Å². The van der Waals surface area contributed by atoms with Crippen molar-refractivity contribution in [2.45, 2.75) is 46.6 Å². The monoisotopic (exact) mass is 469 g/mol. The minimum atomic E-state index is -0.647. The number of aromatic nitrogens is 1. The molecule has 3 N–H and O–H groups in total. The van der Waals surface area contributed by atoms with Gasteiger partial charge in [-0.05, 0) is 71.1 Å². The third kappa shape index (κ3) is 8.82. The van der Waals surface area contributed by atoms with E-state index in [9.17, 15) is 14.4 Å². The van der Waals surface area contributed by atoms with Gasteiger partial charge in [-0.2, -0.15) is 0 Å². The molecule has 0 spiro atoms. The van der Waals surface area contributed by atoms with Gasteiger partial charge in [0.2, 0.25) is 0 Å². The molecule has 9 nitrogen and oxygen atoms in total. The van der Waals surface area contributed by atoms with Gasteiger partial charge in [0.05, 0.1) is 16.9 Å². The summed E-state index contributed by atoms with van der Waals surface area (Å²) in [4.78, 5) is 43.5. The molecule has 0 saturated carbocycles. The zero-order valence-corrected chi connectivity index (χ0v) is 20.6. The van der Waals surface area contributed by atoms with Crippen LogP contribution in [0.2, 0.25) is 0 Å². The maximum Gasteiger partial charge on any atom is 0.412 e. The Morgan fingerprint density at radius 2 is 1.59 bits per heavy atom. The summed E-state index contributed by atoms with van der Waals surface area (Å²) in [6.07, 6.45) is 1.61. The predicted octanol–water partition coefficient (Wildman–Crippen LogP) is 4.14. The smallest absolute Gasteiger partial charge is 0.412 e. The van der Waals surface area contributed by atoms with Crippen molar-refractivity contribution in [2.75, 3.05) is 36.8 Å². The number of anilines is 2. The van der Waals surface area contributed by atoms with Gasteiger partial charge in [0, 0.05) is 12.7 Å². The number of carbonyl (C=O) groups is 3. The van der Waals surface area contributed by atoms with E-state index in [0.29, 0.717) is 23.5 Å². The lowest BCUT2D eigenvalue weighted by Crippen LogP contribution is -2.30. The lowest BCUT2D eigenvalue weighted by atomic mass is 10.2. The highest BCUT2D eigenvalue weighted by Crippen LogP contribution is 2.22. The minimum absolute atomic E-state index is 0.144. The van der Waals surface area contributed by atoms with Crippen LogP contribution in [-0.4, -0.2) is 59.6 Å². The number of rotatable bonds is 10. The fourth-order valence-electron chi connectivity index (χ4n) is 3.11. The van der Waals surface area contributed by atoms with Crippen LogP contribution in [0.25, 0.3) is 0 Å². The Hall–Kier alpha value is -3.46. The average molecular weight is 470 g/mol. The zero-order valence-electron chi connectivity index (χ0n) is 20.6. The van der Waals surface area contributed by atoms with Crippen molar-refractivity contribution in [1.29, 1.82) is 0 Å². The molecule has 2 rings (SSSR count). The Morgan fingerprint density at radius 3 is 2.15 bits per heavy atom. The highest BCUT2D eigenvalue weighted by atomic mass is 16.6. The van der Waals surface area contributed by atoms with Crippen LogP contribution in [0.4, 0.5) is 16.2 Å². The summed E-state index contributed by atoms with van der Waals surface area (Å²) in [6, 6.07) is 9.83. The van der Waals surface area contributed by atoms with E-state index in [1.54, 1.807) is 51.1 Å². The van der Waals surface area contributed by atoms with Crippen molar-refractivity contribution in [3.8, 4) is 0 Å². The van der Waals surface area contributed by atoms with Crippen molar-refractivity contribution >= 4 is 29.3 Å². The Kier molecular flexibility index (Phi) is 10.0. The number of hydrogen-bond acceptors (Lipinski definition) is 6. The van der Waals surface area contributed by atoms with Gasteiger partial charge in [-0.15, -0.1) is 0 Å². The van der Waals surface area contributed by atoms with Crippen molar-refractivity contribution in [3.63, 3.8) is 0 Å². The van der Waals surface area contributed by atoms with Crippen LogP contribution in [0.5, 0.6) is 0 Å². The quantitative estimate of drug-likeness (QED) is 0.451. The number of carbonyl (C=O) groups excluding carboxylic acids is 3. The molecule has 1 aromatic heterocycles. The molecule has 0 bridgehead atoms. The van der Waals surface area contributed by atoms with E-state index in [2.05, 4.69) is 39.7 Å². The standard InChI is InChI=1S/C25H35N5O4/c1-6-30(7-2)16-10-15-26-22(31)18-13-14-21(27-17-18)23(32)28-19-11-8-9-12-20(19)29-24(33)34-25(3,4)5/h8-9,11-14,17H,6-7,10,15-16H2,1-5H3,(H,26,31)(H,28,32)(H,29,33). The Labute approximate surface area is 201 Å². The van der Waals surface area contributed by atoms with Crippen molar-refractivity contribution in [1.82, 2.24) is 15.2 Å². The summed E-state index contributed by atoms with van der Waals surface area (Å²) in [5.74, 6) is -0.699. The molecule has 1 heterocycles. The van der Waals surface area contributed by atoms with Gasteiger partial charge in [-0.25, -0.2) is 4.79 Å². The molecule has 34 heavy (non-hydrogen) atoms. The van der Waals surface area contributed by atoms with Gasteiger partial charge >= 0.3 is 6.09 Å². The van der Waals surface area contributed by atoms with E-state index >= 15 is 0 Å². The van der Waals surface area contributed by atoms with Gasteiger partial charge in [0.15, 0.2) is 0 Å². The number of pyridine rings is 1. The first-order chi connectivity index (χ1) is 16.1. The number of hydrogen-bond donors (Lipinski definition) is 3. The van der Waals surface area contributed by atoms with E-state index in [-0.39, 0.29) is 11.6 Å². The molecular weight excluding hydrogens is 434 g/mol. The largest absolute Gasteiger partial charge is 0.444 e. The van der Waals surface area contributed by atoms with Crippen LogP contribution >= 0.6 is 0 Å². The summed E-state index contributed by atoms with van der Waals surface area (Å²) >= 11 is 0. The number of nitrogens with one attached hydrogen (secondary N) is 3. The molecule has 0 unspecified atom stereocenters. The van der Waals surface area contributed by atoms with Gasteiger partial charge in [0.25, 0.3) is 11.8 Å². The fraction of sp³-hybridized carbons (Fsp3) is 0.440. The predicted molar refractivity (Wildman–Crippen MR) is 133 cm³/mol. The highest BCUT2D eigenvalue weighted by molar-refractivity contribution is 6.06. The van der Waals surface area contributed by atoms with Gasteiger partial charge < -0.3 is 20.3 Å². The molecule has 2 aromatic rings. The van der Waals surface area contributed by atoms with Crippen molar-refractivity contribution < 1.29 is 19.1 Å². The van der Waals surface area contributed by atoms with Crippen molar-refractivity contribution in [3.05, 3.63) is 53.9 Å². The van der Waals surface area contributed by atoms with E-state index in [4.69, 9.17) is 4.74 Å². The first-order valence-corrected chi connectivity index (χ1v) is 11.5. The Bertz CT molecular complexity index is 966. The van der Waals surface area contributed by atoms with Gasteiger partial charge in [-0.3, -0.25) is 19.9 Å². The Morgan fingerprint density at radius 1 is 0.941 bits per heavy atom. The van der Waals surface area contributed by atoms with Crippen LogP contribution in [-0.2, 0) is 4.74 Å². The maximum atomic E-state index is 12.7. The zero-order chi connectivity index (χ0) is 25.1. The van der Waals surface area contributed by atoms with Gasteiger partial charge in [0.1, 0.15) is 11.3 Å². The van der Waals surface area contributed by atoms with Crippen LogP contribution in [0.15, 0.2) is 42.6 Å². The van der Waals surface area contributed by atoms with E-state index in [0.717, 1.165) is 26.1 Å². The van der Waals surface area contributed by atoms with E-state index in [1.165, 1.54) is 12.3 Å². The van der Waals surface area contributed by atoms with E-state index in [1.807, 2.05) is 0 Å². The second-order valence-corrected chi connectivity index (χ2v) is 8.70. The summed E-state index contributed by atoms with van der Waals surface area (Å²) in [7, 11) is 0. The third-order valence-corrected chi connectivity index (χ3v) is 4.90. The van der Waals surface area contributed by atoms with Crippen LogP contribution in [0, 0.1) is 0 Å². The molecule has 0 fully saturated rings. The molecule has 0 atom stereocenters. The third-order valence-electron chi connectivity index (χ3n) is 4.90. The van der Waals surface area contributed by atoms with Crippen LogP contribution in [0.1, 0.15) is 61.9 Å². The maximum absolute atomic E-state index is 12.7. The Balaban J connectivity index is 1.94. The number of nitrogens with zero attached hydrogens (tertiary/aromatic N) is 2. The summed E-state index contributed by atoms with van der Waals surface area (Å²) in [5.41, 5.74) is 0.670. The van der Waals surface area contributed by atoms with Crippen LogP contribution in [0.3, 0.4) is 0 Å². The first-order valence-electron chi connectivity index (χ1n) is 11.5. The average Bonchev–Trinajstić information content (AvgIpc) is 2.79. The topological polar surface area (TPSA) is 113 Å². The molecule has 184 valence electrons. The molecule has 0 saturated heterocycles. The second-order valence-electron chi connectivity index (χ2n) is 8.70. The highest BCUT2D eigenvalue weighted by Gasteiger charge is 2.18. The molecule has 0 aliphatic heterocycles. The number of para-hydroxylation sites is 2. The fourth-order valence-corrected chi connectivity index (χ4v) is 3.11. The summed E-state index contributed by atoms with van der Waals surface area (Å²) < 4.78 is 5.26. The lowest BCUT2D eigenvalue weighted by Gasteiger charge is -2.20. The normalized spacial score (nSPS) is 11.1. The van der Waals surface area contributed by atoms with E-state index < -0.39 is 17.6 Å². The minimum Gasteiger partial charge on any atom is -0.444 e. The summed E-state index contributed by atoms with van der Waals surface area (Å²) in [6.45, 7) is 13.0. The lowest BCUT2D eigenvalue weighted by molar-refractivity contribution is 0.0635. The van der Waals surface area contributed by atoms with Gasteiger partial charge in [-0.1, -0.05) is 26.0 Å². The number of benzene rings is 1. The summed E-state index contributed by atoms with van der Waals surface area (Å²) in [5, 5.41) is 8.24. The number of amides is 3. The molecule has 0 radical (unpaired) electrons. The second kappa shape index (κ2) is 12.7. The molecule has 9 heteroatoms. The molecule has 3 amide bonds. The molecule has 1 aromatic carbocycles. The van der Waals surface area contributed by atoms with Crippen molar-refractivity contribution in [2.24, 2.45) is 0 Å². The first kappa shape index (κ1) is 26.8. The molecule has 0 aliphatic rings. The molecular formula is C25H35N5O4. The molecule has 0 aliphatic carbocycles.